The fourth-order valence-electron chi connectivity index (χ4n) is 3.98. The molecule has 1 aromatic carbocycles. The molecule has 2 nitrogen and oxygen atoms in total. The first-order chi connectivity index (χ1) is 10.2. The van der Waals surface area contributed by atoms with Crippen LogP contribution < -0.4 is 5.32 Å². The Morgan fingerprint density at radius 3 is 2.81 bits per heavy atom. The minimum atomic E-state index is -0.127. The lowest BCUT2D eigenvalue weighted by Crippen LogP contribution is -2.54. The Kier molecular flexibility index (Phi) is 4.91. The molecule has 0 aromatic heterocycles. The van der Waals surface area contributed by atoms with Crippen molar-refractivity contribution in [3.8, 4) is 0 Å². The standard InChI is InChI=1S/C18H27FN2/c1-14(16-8-5-9-17(19)12-16)21-11-10-20-18(13-21)15-6-3-2-4-7-15/h5,8-9,12,14-15,18,20H,2-4,6-7,10-11,13H2,1H3. The summed E-state index contributed by atoms with van der Waals surface area (Å²) in [6.45, 7) is 5.42. The minimum Gasteiger partial charge on any atom is -0.311 e. The van der Waals surface area contributed by atoms with Gasteiger partial charge in [0, 0.05) is 31.7 Å². The highest BCUT2D eigenvalue weighted by Gasteiger charge is 2.30. The third-order valence-corrected chi connectivity index (χ3v) is 5.33. The second-order valence-electron chi connectivity index (χ2n) is 6.68. The van der Waals surface area contributed by atoms with Gasteiger partial charge >= 0.3 is 0 Å². The normalized spacial score (nSPS) is 26.7. The second-order valence-corrected chi connectivity index (χ2v) is 6.68. The number of halogens is 1. The maximum atomic E-state index is 13.4. The van der Waals surface area contributed by atoms with Crippen molar-refractivity contribution >= 4 is 0 Å². The molecule has 0 amide bonds. The van der Waals surface area contributed by atoms with Gasteiger partial charge in [-0.15, -0.1) is 0 Å². The molecule has 1 heterocycles. The molecule has 0 spiro atoms. The van der Waals surface area contributed by atoms with Gasteiger partial charge in [0.2, 0.25) is 0 Å². The molecule has 3 rings (SSSR count). The highest BCUT2D eigenvalue weighted by atomic mass is 19.1. The van der Waals surface area contributed by atoms with E-state index >= 15 is 0 Å². The minimum absolute atomic E-state index is 0.127. The van der Waals surface area contributed by atoms with Gasteiger partial charge in [0.25, 0.3) is 0 Å². The lowest BCUT2D eigenvalue weighted by atomic mass is 9.83. The smallest absolute Gasteiger partial charge is 0.123 e. The summed E-state index contributed by atoms with van der Waals surface area (Å²) in [6, 6.07) is 8.00. The van der Waals surface area contributed by atoms with Crippen molar-refractivity contribution in [3.05, 3.63) is 35.6 Å². The molecule has 1 aromatic rings. The molecular weight excluding hydrogens is 263 g/mol. The van der Waals surface area contributed by atoms with Crippen LogP contribution in [0, 0.1) is 11.7 Å². The Hall–Kier alpha value is -0.930. The van der Waals surface area contributed by atoms with E-state index in [1.165, 1.54) is 38.2 Å². The van der Waals surface area contributed by atoms with Crippen molar-refractivity contribution in [2.45, 2.75) is 51.1 Å². The Labute approximate surface area is 127 Å². The van der Waals surface area contributed by atoms with E-state index < -0.39 is 0 Å². The summed E-state index contributed by atoms with van der Waals surface area (Å²) in [4.78, 5) is 2.52. The Morgan fingerprint density at radius 1 is 1.24 bits per heavy atom. The third-order valence-electron chi connectivity index (χ3n) is 5.33. The van der Waals surface area contributed by atoms with Crippen molar-refractivity contribution in [1.29, 1.82) is 0 Å². The summed E-state index contributed by atoms with van der Waals surface area (Å²) in [5.74, 6) is 0.708. The molecule has 2 aliphatic rings. The van der Waals surface area contributed by atoms with Gasteiger partial charge in [-0.1, -0.05) is 31.4 Å². The number of hydrogen-bond acceptors (Lipinski definition) is 2. The van der Waals surface area contributed by atoms with Gasteiger partial charge in [-0.2, -0.15) is 0 Å². The van der Waals surface area contributed by atoms with E-state index in [0.717, 1.165) is 31.1 Å². The summed E-state index contributed by atoms with van der Waals surface area (Å²) in [6.07, 6.45) is 6.94. The molecular formula is C18H27FN2. The Bertz CT molecular complexity index is 456. The fraction of sp³-hybridized carbons (Fsp3) is 0.667. The van der Waals surface area contributed by atoms with Crippen LogP contribution in [0.4, 0.5) is 4.39 Å². The maximum Gasteiger partial charge on any atom is 0.123 e. The first kappa shape index (κ1) is 15.0. The molecule has 116 valence electrons. The van der Waals surface area contributed by atoms with Crippen LogP contribution in [-0.2, 0) is 0 Å². The van der Waals surface area contributed by atoms with Crippen LogP contribution in [0.1, 0.15) is 50.6 Å². The second kappa shape index (κ2) is 6.89. The molecule has 1 aliphatic heterocycles. The van der Waals surface area contributed by atoms with Crippen LogP contribution in [0.5, 0.6) is 0 Å². The molecule has 3 heteroatoms. The summed E-state index contributed by atoms with van der Waals surface area (Å²) in [7, 11) is 0. The van der Waals surface area contributed by atoms with Crippen LogP contribution in [0.3, 0.4) is 0 Å². The van der Waals surface area contributed by atoms with Gasteiger partial charge in [0.15, 0.2) is 0 Å². The van der Waals surface area contributed by atoms with Crippen LogP contribution in [0.25, 0.3) is 0 Å². The number of benzene rings is 1. The number of nitrogens with one attached hydrogen (secondary N) is 1. The quantitative estimate of drug-likeness (QED) is 0.912. The van der Waals surface area contributed by atoms with E-state index in [9.17, 15) is 4.39 Å². The van der Waals surface area contributed by atoms with E-state index in [0.29, 0.717) is 12.1 Å². The maximum absolute atomic E-state index is 13.4. The van der Waals surface area contributed by atoms with Crippen molar-refractivity contribution in [2.75, 3.05) is 19.6 Å². The first-order valence-corrected chi connectivity index (χ1v) is 8.47. The largest absolute Gasteiger partial charge is 0.311 e. The molecule has 0 radical (unpaired) electrons. The number of hydrogen-bond donors (Lipinski definition) is 1. The molecule has 1 aliphatic carbocycles. The summed E-state index contributed by atoms with van der Waals surface area (Å²) in [5, 5.41) is 3.72. The van der Waals surface area contributed by atoms with E-state index in [4.69, 9.17) is 0 Å². The lowest BCUT2D eigenvalue weighted by molar-refractivity contribution is 0.114. The fourth-order valence-corrected chi connectivity index (χ4v) is 3.98. The third kappa shape index (κ3) is 3.64. The lowest BCUT2D eigenvalue weighted by Gasteiger charge is -2.41. The summed E-state index contributed by atoms with van der Waals surface area (Å²) in [5.41, 5.74) is 1.10. The molecule has 1 N–H and O–H groups in total. The highest BCUT2D eigenvalue weighted by Crippen LogP contribution is 2.30. The number of rotatable bonds is 3. The van der Waals surface area contributed by atoms with E-state index in [1.807, 2.05) is 12.1 Å². The van der Waals surface area contributed by atoms with E-state index in [-0.39, 0.29) is 5.82 Å². The van der Waals surface area contributed by atoms with Crippen molar-refractivity contribution in [1.82, 2.24) is 10.2 Å². The predicted octanol–water partition coefficient (Wildman–Crippen LogP) is 3.74. The van der Waals surface area contributed by atoms with Crippen LogP contribution >= 0.6 is 0 Å². The van der Waals surface area contributed by atoms with Gasteiger partial charge in [-0.25, -0.2) is 4.39 Å². The average Bonchev–Trinajstić information content (AvgIpc) is 2.55. The van der Waals surface area contributed by atoms with E-state index in [2.05, 4.69) is 17.1 Å². The van der Waals surface area contributed by atoms with E-state index in [1.54, 1.807) is 6.07 Å². The topological polar surface area (TPSA) is 15.3 Å². The van der Waals surface area contributed by atoms with Crippen molar-refractivity contribution in [2.24, 2.45) is 5.92 Å². The molecule has 2 unspecified atom stereocenters. The van der Waals surface area contributed by atoms with Gasteiger partial charge in [0.05, 0.1) is 0 Å². The Balaban J connectivity index is 1.64. The zero-order valence-corrected chi connectivity index (χ0v) is 13.0. The van der Waals surface area contributed by atoms with Crippen LogP contribution in [-0.4, -0.2) is 30.6 Å². The number of piperazine rings is 1. The van der Waals surface area contributed by atoms with Crippen LogP contribution in [0.2, 0.25) is 0 Å². The van der Waals surface area contributed by atoms with Gasteiger partial charge in [-0.3, -0.25) is 4.90 Å². The zero-order valence-electron chi connectivity index (χ0n) is 13.0. The van der Waals surface area contributed by atoms with Gasteiger partial charge < -0.3 is 5.32 Å². The number of nitrogens with zero attached hydrogens (tertiary/aromatic N) is 1. The van der Waals surface area contributed by atoms with Crippen molar-refractivity contribution < 1.29 is 4.39 Å². The molecule has 2 atom stereocenters. The van der Waals surface area contributed by atoms with Crippen molar-refractivity contribution in [3.63, 3.8) is 0 Å². The summed E-state index contributed by atoms with van der Waals surface area (Å²) < 4.78 is 13.4. The Morgan fingerprint density at radius 2 is 2.05 bits per heavy atom. The highest BCUT2D eigenvalue weighted by molar-refractivity contribution is 5.20. The zero-order chi connectivity index (χ0) is 14.7. The molecule has 21 heavy (non-hydrogen) atoms. The predicted molar refractivity (Wildman–Crippen MR) is 84.8 cm³/mol. The first-order valence-electron chi connectivity index (χ1n) is 8.47. The summed E-state index contributed by atoms with van der Waals surface area (Å²) >= 11 is 0. The van der Waals surface area contributed by atoms with Gasteiger partial charge in [0.1, 0.15) is 5.82 Å². The average molecular weight is 290 g/mol. The molecule has 0 bridgehead atoms. The van der Waals surface area contributed by atoms with Crippen LogP contribution in [0.15, 0.2) is 24.3 Å². The molecule has 1 saturated heterocycles. The van der Waals surface area contributed by atoms with Gasteiger partial charge in [-0.05, 0) is 43.4 Å². The monoisotopic (exact) mass is 290 g/mol. The SMILES string of the molecule is CC(c1cccc(F)c1)N1CCNC(C2CCCCC2)C1. The molecule has 1 saturated carbocycles. The molecule has 2 fully saturated rings.